The highest BCUT2D eigenvalue weighted by Crippen LogP contribution is 2.20. The van der Waals surface area contributed by atoms with E-state index in [9.17, 15) is 9.59 Å². The van der Waals surface area contributed by atoms with Crippen molar-refractivity contribution < 1.29 is 14.3 Å². The van der Waals surface area contributed by atoms with Gasteiger partial charge in [-0.15, -0.1) is 0 Å². The van der Waals surface area contributed by atoms with Crippen molar-refractivity contribution in [1.82, 2.24) is 5.32 Å². The number of benzene rings is 2. The summed E-state index contributed by atoms with van der Waals surface area (Å²) >= 11 is 0. The zero-order valence-electron chi connectivity index (χ0n) is 15.0. The number of amides is 2. The largest absolute Gasteiger partial charge is 0.442 e. The maximum atomic E-state index is 12.0. The predicted octanol–water partition coefficient (Wildman–Crippen LogP) is 3.46. The van der Waals surface area contributed by atoms with E-state index >= 15 is 0 Å². The third kappa shape index (κ3) is 4.85. The van der Waals surface area contributed by atoms with Crippen molar-refractivity contribution in [1.29, 1.82) is 0 Å². The Morgan fingerprint density at radius 3 is 2.62 bits per heavy atom. The molecule has 1 aliphatic rings. The van der Waals surface area contributed by atoms with E-state index in [1.54, 1.807) is 4.90 Å². The van der Waals surface area contributed by atoms with Gasteiger partial charge in [-0.25, -0.2) is 4.79 Å². The molecule has 0 radical (unpaired) electrons. The molecule has 1 saturated heterocycles. The van der Waals surface area contributed by atoms with Crippen LogP contribution >= 0.6 is 0 Å². The van der Waals surface area contributed by atoms with Crippen LogP contribution in [0.4, 0.5) is 10.5 Å². The van der Waals surface area contributed by atoms with Crippen molar-refractivity contribution in [2.24, 2.45) is 0 Å². The first-order valence-corrected chi connectivity index (χ1v) is 8.97. The lowest BCUT2D eigenvalue weighted by Gasteiger charge is -2.12. The summed E-state index contributed by atoms with van der Waals surface area (Å²) in [7, 11) is 0. The molecule has 136 valence electrons. The third-order valence-electron chi connectivity index (χ3n) is 4.46. The smallest absolute Gasteiger partial charge is 0.414 e. The summed E-state index contributed by atoms with van der Waals surface area (Å²) in [5.74, 6) is -0.00804. The molecule has 0 saturated carbocycles. The number of carbonyl (C=O) groups excluding carboxylic acids is 2. The van der Waals surface area contributed by atoms with Crippen LogP contribution in [0.25, 0.3) is 0 Å². The van der Waals surface area contributed by atoms with Gasteiger partial charge in [0.2, 0.25) is 5.91 Å². The van der Waals surface area contributed by atoms with Gasteiger partial charge in [-0.2, -0.15) is 0 Å². The number of rotatable bonds is 7. The minimum atomic E-state index is -0.366. The van der Waals surface area contributed by atoms with Gasteiger partial charge >= 0.3 is 6.09 Å². The molecule has 1 N–H and O–H groups in total. The fourth-order valence-corrected chi connectivity index (χ4v) is 2.97. The van der Waals surface area contributed by atoms with Crippen molar-refractivity contribution in [3.8, 4) is 0 Å². The van der Waals surface area contributed by atoms with Crippen molar-refractivity contribution in [2.75, 3.05) is 18.0 Å². The first-order valence-electron chi connectivity index (χ1n) is 8.97. The molecule has 2 aromatic carbocycles. The minimum Gasteiger partial charge on any atom is -0.442 e. The summed E-state index contributed by atoms with van der Waals surface area (Å²) in [6.45, 7) is 2.86. The Balaban J connectivity index is 1.38. The Morgan fingerprint density at radius 1 is 1.15 bits per heavy atom. The fourth-order valence-electron chi connectivity index (χ4n) is 2.97. The highest BCUT2D eigenvalue weighted by atomic mass is 16.6. The van der Waals surface area contributed by atoms with Crippen LogP contribution in [0.2, 0.25) is 0 Å². The highest BCUT2D eigenvalue weighted by Gasteiger charge is 2.32. The van der Waals surface area contributed by atoms with Gasteiger partial charge in [0.05, 0.1) is 13.1 Å². The lowest BCUT2D eigenvalue weighted by molar-refractivity contribution is -0.121. The summed E-state index contributed by atoms with van der Waals surface area (Å²) < 4.78 is 5.34. The molecular formula is C21H24N2O3. The Kier molecular flexibility index (Phi) is 5.89. The monoisotopic (exact) mass is 352 g/mol. The average molecular weight is 352 g/mol. The fraction of sp³-hybridized carbons (Fsp3) is 0.333. The molecule has 2 amide bonds. The normalized spacial score (nSPS) is 16.4. The number of hydrogen-bond acceptors (Lipinski definition) is 3. The van der Waals surface area contributed by atoms with E-state index in [1.165, 1.54) is 11.1 Å². The third-order valence-corrected chi connectivity index (χ3v) is 4.46. The average Bonchev–Trinajstić information content (AvgIpc) is 3.03. The van der Waals surface area contributed by atoms with Gasteiger partial charge in [-0.05, 0) is 37.5 Å². The molecule has 1 aliphatic heterocycles. The van der Waals surface area contributed by atoms with E-state index in [4.69, 9.17) is 4.74 Å². The van der Waals surface area contributed by atoms with Crippen molar-refractivity contribution >= 4 is 17.7 Å². The van der Waals surface area contributed by atoms with Crippen LogP contribution in [-0.4, -0.2) is 31.2 Å². The zero-order valence-corrected chi connectivity index (χ0v) is 15.0. The molecule has 1 atom stereocenters. The van der Waals surface area contributed by atoms with E-state index in [0.717, 1.165) is 18.5 Å². The minimum absolute atomic E-state index is 0.00804. The van der Waals surface area contributed by atoms with Crippen LogP contribution in [0.5, 0.6) is 0 Å². The number of aryl methyl sites for hydroxylation is 2. The summed E-state index contributed by atoms with van der Waals surface area (Å²) in [6, 6.07) is 17.8. The van der Waals surface area contributed by atoms with Crippen LogP contribution in [0.3, 0.4) is 0 Å². The van der Waals surface area contributed by atoms with Crippen LogP contribution in [-0.2, 0) is 16.0 Å². The Morgan fingerprint density at radius 2 is 1.88 bits per heavy atom. The number of anilines is 1. The zero-order chi connectivity index (χ0) is 18.4. The van der Waals surface area contributed by atoms with Gasteiger partial charge < -0.3 is 10.1 Å². The van der Waals surface area contributed by atoms with Crippen LogP contribution in [0, 0.1) is 6.92 Å². The number of carbonyl (C=O) groups is 2. The van der Waals surface area contributed by atoms with Crippen LogP contribution in [0.1, 0.15) is 24.0 Å². The Hall–Kier alpha value is -2.82. The molecule has 0 bridgehead atoms. The molecule has 0 spiro atoms. The number of cyclic esters (lactones) is 1. The van der Waals surface area contributed by atoms with Crippen molar-refractivity contribution in [2.45, 2.75) is 32.3 Å². The van der Waals surface area contributed by atoms with Gasteiger partial charge in [0.15, 0.2) is 0 Å². The molecule has 26 heavy (non-hydrogen) atoms. The summed E-state index contributed by atoms with van der Waals surface area (Å²) in [5, 5.41) is 2.87. The molecule has 2 aromatic rings. The van der Waals surface area contributed by atoms with Gasteiger partial charge in [0, 0.05) is 12.1 Å². The number of para-hydroxylation sites is 1. The lowest BCUT2D eigenvalue weighted by atomic mass is 10.1. The van der Waals surface area contributed by atoms with Crippen molar-refractivity contribution in [3.05, 3.63) is 65.7 Å². The maximum absolute atomic E-state index is 12.0. The van der Waals surface area contributed by atoms with Crippen LogP contribution in [0.15, 0.2) is 54.6 Å². The molecule has 5 heteroatoms. The molecule has 3 rings (SSSR count). The summed E-state index contributed by atoms with van der Waals surface area (Å²) in [6.07, 6.45) is 1.47. The Labute approximate surface area is 154 Å². The maximum Gasteiger partial charge on any atom is 0.414 e. The van der Waals surface area contributed by atoms with E-state index in [0.29, 0.717) is 19.5 Å². The first-order chi connectivity index (χ1) is 12.6. The second kappa shape index (κ2) is 8.52. The van der Waals surface area contributed by atoms with E-state index in [1.807, 2.05) is 30.3 Å². The summed E-state index contributed by atoms with van der Waals surface area (Å²) in [4.78, 5) is 25.6. The van der Waals surface area contributed by atoms with Gasteiger partial charge in [-0.3, -0.25) is 9.69 Å². The number of nitrogens with one attached hydrogen (secondary N) is 1. The number of hydrogen-bond donors (Lipinski definition) is 1. The van der Waals surface area contributed by atoms with Gasteiger partial charge in [0.1, 0.15) is 6.10 Å². The second-order valence-electron chi connectivity index (χ2n) is 6.60. The van der Waals surface area contributed by atoms with E-state index in [-0.39, 0.29) is 18.1 Å². The predicted molar refractivity (Wildman–Crippen MR) is 101 cm³/mol. The molecular weight excluding hydrogens is 328 g/mol. The molecule has 0 aromatic heterocycles. The first kappa shape index (κ1) is 18.0. The van der Waals surface area contributed by atoms with E-state index < -0.39 is 0 Å². The lowest BCUT2D eigenvalue weighted by Crippen LogP contribution is -2.34. The van der Waals surface area contributed by atoms with Gasteiger partial charge in [0.25, 0.3) is 0 Å². The number of nitrogens with zero attached hydrogens (tertiary/aromatic N) is 1. The van der Waals surface area contributed by atoms with Crippen molar-refractivity contribution in [3.63, 3.8) is 0 Å². The number of ether oxygens (including phenoxy) is 1. The molecule has 1 unspecified atom stereocenters. The summed E-state index contributed by atoms with van der Waals surface area (Å²) in [5.41, 5.74) is 3.29. The quantitative estimate of drug-likeness (QED) is 0.830. The van der Waals surface area contributed by atoms with Crippen LogP contribution < -0.4 is 10.2 Å². The van der Waals surface area contributed by atoms with E-state index in [2.05, 4.69) is 36.5 Å². The molecule has 1 heterocycles. The van der Waals surface area contributed by atoms with Gasteiger partial charge in [-0.1, -0.05) is 48.0 Å². The standard InChI is InChI=1S/C21H24N2O3/c1-16-10-12-17(13-11-16)6-5-9-20(24)22-14-19-15-23(21(25)26-19)18-7-3-2-4-8-18/h2-4,7-8,10-13,19H,5-6,9,14-15H2,1H3,(H,22,24). The SMILES string of the molecule is Cc1ccc(CCCC(=O)NCC2CN(c3ccccc3)C(=O)O2)cc1. The second-order valence-corrected chi connectivity index (χ2v) is 6.60. The Bertz CT molecular complexity index is 744. The molecule has 0 aliphatic carbocycles. The highest BCUT2D eigenvalue weighted by molar-refractivity contribution is 5.89. The molecule has 1 fully saturated rings. The molecule has 5 nitrogen and oxygen atoms in total. The topological polar surface area (TPSA) is 58.6 Å².